The largest absolute Gasteiger partial charge is 0.496 e. The third-order valence-corrected chi connectivity index (χ3v) is 6.41. The number of benzene rings is 2. The standard InChI is InChI=1S/C24H24Cl2N2O5S/c1-14(2)18-13-17(5-6-21(18)32-3)33-24-19(25)11-16(12-20(24)26)28-22(29)9-15-7-8-27-23(10-15)34(4,30)31/h5-8,10-14H,9H2,1-4H3,(H,28,29). The molecule has 0 unspecified atom stereocenters. The Morgan fingerprint density at radius 2 is 1.76 bits per heavy atom. The number of carbonyl (C=O) groups is 1. The molecular formula is C24H24Cl2N2O5S. The van der Waals surface area contributed by atoms with Gasteiger partial charge in [-0.05, 0) is 53.9 Å². The molecule has 0 saturated heterocycles. The molecule has 3 rings (SSSR count). The maximum atomic E-state index is 12.5. The van der Waals surface area contributed by atoms with Crippen LogP contribution < -0.4 is 14.8 Å². The summed E-state index contributed by atoms with van der Waals surface area (Å²) in [6.45, 7) is 4.10. The van der Waals surface area contributed by atoms with Crippen LogP contribution in [0.2, 0.25) is 10.0 Å². The second-order valence-electron chi connectivity index (χ2n) is 7.93. The van der Waals surface area contributed by atoms with E-state index in [0.29, 0.717) is 17.0 Å². The number of halogens is 2. The molecule has 0 spiro atoms. The van der Waals surface area contributed by atoms with E-state index in [1.165, 1.54) is 24.4 Å². The fraction of sp³-hybridized carbons (Fsp3) is 0.250. The second kappa shape index (κ2) is 10.6. The van der Waals surface area contributed by atoms with Crippen LogP contribution in [0.25, 0.3) is 0 Å². The molecule has 10 heteroatoms. The molecule has 0 atom stereocenters. The van der Waals surface area contributed by atoms with Gasteiger partial charge in [0, 0.05) is 23.7 Å². The van der Waals surface area contributed by atoms with E-state index in [2.05, 4.69) is 10.3 Å². The topological polar surface area (TPSA) is 94.6 Å². The molecule has 1 heterocycles. The van der Waals surface area contributed by atoms with Crippen molar-refractivity contribution in [3.63, 3.8) is 0 Å². The molecule has 0 aliphatic heterocycles. The maximum absolute atomic E-state index is 12.5. The van der Waals surface area contributed by atoms with Gasteiger partial charge >= 0.3 is 0 Å². The predicted molar refractivity (Wildman–Crippen MR) is 133 cm³/mol. The molecule has 0 bridgehead atoms. The molecule has 7 nitrogen and oxygen atoms in total. The van der Waals surface area contributed by atoms with Gasteiger partial charge in [-0.15, -0.1) is 0 Å². The van der Waals surface area contributed by atoms with E-state index in [-0.39, 0.29) is 39.1 Å². The number of aromatic nitrogens is 1. The summed E-state index contributed by atoms with van der Waals surface area (Å²) in [6, 6.07) is 11.4. The van der Waals surface area contributed by atoms with Crippen LogP contribution in [0.15, 0.2) is 53.7 Å². The van der Waals surface area contributed by atoms with E-state index < -0.39 is 9.84 Å². The van der Waals surface area contributed by atoms with Crippen LogP contribution in [0, 0.1) is 0 Å². The first kappa shape index (κ1) is 25.8. The Hall–Kier alpha value is -2.81. The lowest BCUT2D eigenvalue weighted by Gasteiger charge is -2.16. The normalized spacial score (nSPS) is 11.4. The molecule has 0 aliphatic rings. The molecule has 0 aliphatic carbocycles. The van der Waals surface area contributed by atoms with Crippen LogP contribution in [-0.4, -0.2) is 32.7 Å². The first-order valence-corrected chi connectivity index (χ1v) is 12.9. The smallest absolute Gasteiger partial charge is 0.228 e. The summed E-state index contributed by atoms with van der Waals surface area (Å²) in [7, 11) is -1.86. The van der Waals surface area contributed by atoms with Crippen molar-refractivity contribution in [2.24, 2.45) is 0 Å². The third-order valence-electron chi connectivity index (χ3n) is 4.87. The number of nitrogens with zero attached hydrogens (tertiary/aromatic N) is 1. The van der Waals surface area contributed by atoms with Crippen LogP contribution in [0.5, 0.6) is 17.2 Å². The van der Waals surface area contributed by atoms with E-state index in [4.69, 9.17) is 32.7 Å². The molecular weight excluding hydrogens is 499 g/mol. The highest BCUT2D eigenvalue weighted by Crippen LogP contribution is 2.40. The summed E-state index contributed by atoms with van der Waals surface area (Å²) in [4.78, 5) is 16.3. The van der Waals surface area contributed by atoms with Gasteiger partial charge in [0.1, 0.15) is 11.5 Å². The Bertz CT molecular complexity index is 1300. The van der Waals surface area contributed by atoms with E-state index in [9.17, 15) is 13.2 Å². The molecule has 1 amide bonds. The second-order valence-corrected chi connectivity index (χ2v) is 10.7. The molecule has 34 heavy (non-hydrogen) atoms. The molecule has 180 valence electrons. The molecule has 0 saturated carbocycles. The van der Waals surface area contributed by atoms with Crippen molar-refractivity contribution in [1.29, 1.82) is 0 Å². The minimum atomic E-state index is -3.47. The molecule has 1 aromatic heterocycles. The lowest BCUT2D eigenvalue weighted by molar-refractivity contribution is -0.115. The van der Waals surface area contributed by atoms with Gasteiger partial charge in [-0.1, -0.05) is 37.0 Å². The van der Waals surface area contributed by atoms with Gasteiger partial charge in [0.2, 0.25) is 5.91 Å². The average molecular weight is 523 g/mol. The van der Waals surface area contributed by atoms with Crippen molar-refractivity contribution in [2.45, 2.75) is 31.2 Å². The van der Waals surface area contributed by atoms with Crippen LogP contribution in [0.4, 0.5) is 5.69 Å². The molecule has 3 aromatic rings. The summed E-state index contributed by atoms with van der Waals surface area (Å²) in [5.74, 6) is 1.41. The number of methoxy groups -OCH3 is 1. The molecule has 0 radical (unpaired) electrons. The number of pyridine rings is 1. The first-order valence-electron chi connectivity index (χ1n) is 10.3. The van der Waals surface area contributed by atoms with E-state index in [1.54, 1.807) is 19.2 Å². The maximum Gasteiger partial charge on any atom is 0.228 e. The van der Waals surface area contributed by atoms with Crippen LogP contribution >= 0.6 is 23.2 Å². The number of ether oxygens (including phenoxy) is 2. The van der Waals surface area contributed by atoms with Crippen LogP contribution in [-0.2, 0) is 21.1 Å². The highest BCUT2D eigenvalue weighted by molar-refractivity contribution is 7.90. The van der Waals surface area contributed by atoms with Gasteiger partial charge in [-0.3, -0.25) is 4.79 Å². The predicted octanol–water partition coefficient (Wildman–Crippen LogP) is 5.90. The van der Waals surface area contributed by atoms with Gasteiger partial charge in [0.05, 0.1) is 23.6 Å². The Kier molecular flexibility index (Phi) is 8.07. The lowest BCUT2D eigenvalue weighted by Crippen LogP contribution is -2.15. The van der Waals surface area contributed by atoms with Gasteiger partial charge in [0.25, 0.3) is 0 Å². The number of rotatable bonds is 8. The van der Waals surface area contributed by atoms with Gasteiger partial charge < -0.3 is 14.8 Å². The minimum absolute atomic E-state index is 0.0532. The SMILES string of the molecule is COc1ccc(Oc2c(Cl)cc(NC(=O)Cc3ccnc(S(C)(=O)=O)c3)cc2Cl)cc1C(C)C. The number of hydrogen-bond acceptors (Lipinski definition) is 6. The van der Waals surface area contributed by atoms with Crippen molar-refractivity contribution in [2.75, 3.05) is 18.7 Å². The summed E-state index contributed by atoms with van der Waals surface area (Å²) in [5, 5.41) is 3.05. The highest BCUT2D eigenvalue weighted by atomic mass is 35.5. The number of carbonyl (C=O) groups excluding carboxylic acids is 1. The monoisotopic (exact) mass is 522 g/mol. The summed E-state index contributed by atoms with van der Waals surface area (Å²) in [5.41, 5.74) is 1.86. The van der Waals surface area contributed by atoms with Crippen LogP contribution in [0.3, 0.4) is 0 Å². The summed E-state index contributed by atoms with van der Waals surface area (Å²) in [6.07, 6.45) is 2.35. The Balaban J connectivity index is 1.76. The van der Waals surface area contributed by atoms with Crippen molar-refractivity contribution in [3.05, 3.63) is 69.8 Å². The van der Waals surface area contributed by atoms with Crippen LogP contribution in [0.1, 0.15) is 30.9 Å². The minimum Gasteiger partial charge on any atom is -0.496 e. The molecule has 2 aromatic carbocycles. The Labute approximate surface area is 208 Å². The zero-order valence-corrected chi connectivity index (χ0v) is 21.4. The Morgan fingerprint density at radius 3 is 2.35 bits per heavy atom. The number of nitrogens with one attached hydrogen (secondary N) is 1. The van der Waals surface area contributed by atoms with Gasteiger partial charge in [-0.2, -0.15) is 0 Å². The highest BCUT2D eigenvalue weighted by Gasteiger charge is 2.16. The summed E-state index contributed by atoms with van der Waals surface area (Å²) < 4.78 is 34.7. The summed E-state index contributed by atoms with van der Waals surface area (Å²) >= 11 is 12.8. The number of hydrogen-bond donors (Lipinski definition) is 1. The quantitative estimate of drug-likeness (QED) is 0.395. The van der Waals surface area contributed by atoms with Crippen molar-refractivity contribution in [1.82, 2.24) is 4.98 Å². The van der Waals surface area contributed by atoms with Gasteiger partial charge in [-0.25, -0.2) is 13.4 Å². The van der Waals surface area contributed by atoms with E-state index in [0.717, 1.165) is 17.6 Å². The fourth-order valence-electron chi connectivity index (χ4n) is 3.23. The first-order chi connectivity index (χ1) is 16.0. The molecule has 0 fully saturated rings. The van der Waals surface area contributed by atoms with Crippen molar-refractivity contribution in [3.8, 4) is 17.2 Å². The zero-order valence-electron chi connectivity index (χ0n) is 19.1. The third kappa shape index (κ3) is 6.40. The number of sulfone groups is 1. The Morgan fingerprint density at radius 1 is 1.09 bits per heavy atom. The zero-order chi connectivity index (χ0) is 25.0. The fourth-order valence-corrected chi connectivity index (χ4v) is 4.41. The molecule has 1 N–H and O–H groups in total. The number of amides is 1. The van der Waals surface area contributed by atoms with E-state index in [1.807, 2.05) is 26.0 Å². The van der Waals surface area contributed by atoms with Crippen molar-refractivity contribution < 1.29 is 22.7 Å². The van der Waals surface area contributed by atoms with Crippen molar-refractivity contribution >= 4 is 44.6 Å². The van der Waals surface area contributed by atoms with Gasteiger partial charge in [0.15, 0.2) is 20.6 Å². The van der Waals surface area contributed by atoms with E-state index >= 15 is 0 Å². The lowest BCUT2D eigenvalue weighted by atomic mass is 10.0. The number of anilines is 1. The average Bonchev–Trinajstić information content (AvgIpc) is 2.75.